The molecule has 0 aliphatic rings. The van der Waals surface area contributed by atoms with Crippen molar-refractivity contribution in [2.75, 3.05) is 26.0 Å². The van der Waals surface area contributed by atoms with Crippen molar-refractivity contribution in [1.29, 1.82) is 0 Å². The van der Waals surface area contributed by atoms with Gasteiger partial charge in [-0.1, -0.05) is 23.7 Å². The van der Waals surface area contributed by atoms with Gasteiger partial charge in [-0.05, 0) is 69.9 Å². The largest absolute Gasteiger partial charge is 0.348 e. The second-order valence-electron chi connectivity index (χ2n) is 7.61. The Kier molecular flexibility index (Phi) is 7.09. The molecule has 0 spiro atoms. The molecule has 8 heteroatoms. The van der Waals surface area contributed by atoms with E-state index in [0.717, 1.165) is 22.6 Å². The summed E-state index contributed by atoms with van der Waals surface area (Å²) in [5.41, 5.74) is 4.60. The van der Waals surface area contributed by atoms with Crippen molar-refractivity contribution in [3.63, 3.8) is 0 Å². The number of amides is 2. The highest BCUT2D eigenvalue weighted by atomic mass is 35.5. The molecule has 0 saturated heterocycles. The lowest BCUT2D eigenvalue weighted by molar-refractivity contribution is -0.116. The van der Waals surface area contributed by atoms with E-state index in [2.05, 4.69) is 15.7 Å². The maximum atomic E-state index is 12.5. The van der Waals surface area contributed by atoms with Gasteiger partial charge < -0.3 is 15.5 Å². The number of hydrogen-bond acceptors (Lipinski definition) is 4. The molecular formula is C23H26ClN5O2. The van der Waals surface area contributed by atoms with Crippen LogP contribution in [0.1, 0.15) is 27.3 Å². The molecule has 0 fully saturated rings. The third-order valence-electron chi connectivity index (χ3n) is 4.70. The van der Waals surface area contributed by atoms with Crippen LogP contribution in [-0.4, -0.2) is 47.1 Å². The van der Waals surface area contributed by atoms with E-state index >= 15 is 0 Å². The van der Waals surface area contributed by atoms with Gasteiger partial charge >= 0.3 is 0 Å². The molecule has 0 aliphatic heterocycles. The average molecular weight is 440 g/mol. The highest BCUT2D eigenvalue weighted by molar-refractivity contribution is 6.31. The van der Waals surface area contributed by atoms with Gasteiger partial charge in [-0.2, -0.15) is 5.10 Å². The molecular weight excluding hydrogens is 414 g/mol. The topological polar surface area (TPSA) is 79.3 Å². The Bertz CT molecular complexity index is 1090. The first kappa shape index (κ1) is 22.5. The number of aromatic nitrogens is 2. The second kappa shape index (κ2) is 9.76. The number of halogens is 1. The first-order valence-corrected chi connectivity index (χ1v) is 10.3. The van der Waals surface area contributed by atoms with Gasteiger partial charge in [-0.15, -0.1) is 0 Å². The number of rotatable bonds is 7. The number of carbonyl (C=O) groups excluding carboxylic acids is 2. The summed E-state index contributed by atoms with van der Waals surface area (Å²) in [5.74, 6) is -0.268. The number of benzene rings is 2. The predicted octanol–water partition coefficient (Wildman–Crippen LogP) is 3.57. The molecule has 3 rings (SSSR count). The van der Waals surface area contributed by atoms with Crippen molar-refractivity contribution in [2.45, 2.75) is 20.4 Å². The van der Waals surface area contributed by atoms with Crippen LogP contribution >= 0.6 is 11.6 Å². The molecule has 0 saturated carbocycles. The van der Waals surface area contributed by atoms with Gasteiger partial charge in [0.05, 0.1) is 28.6 Å². The third kappa shape index (κ3) is 5.71. The lowest BCUT2D eigenvalue weighted by Gasteiger charge is -2.11. The van der Waals surface area contributed by atoms with Gasteiger partial charge in [-0.25, -0.2) is 4.68 Å². The van der Waals surface area contributed by atoms with Crippen molar-refractivity contribution in [1.82, 2.24) is 20.0 Å². The number of aryl methyl sites for hydroxylation is 1. The van der Waals surface area contributed by atoms with Crippen LogP contribution in [0.15, 0.2) is 48.5 Å². The molecule has 1 aromatic heterocycles. The van der Waals surface area contributed by atoms with Crippen molar-refractivity contribution < 1.29 is 9.59 Å². The molecule has 1 heterocycles. The fraction of sp³-hybridized carbons (Fsp3) is 0.261. The molecule has 2 amide bonds. The standard InChI is InChI=1S/C23H26ClN5O2/c1-15-22(24)16(2)29(27-15)20-10-8-18(9-11-20)23(31)25-13-17-6-5-7-19(12-17)26-21(30)14-28(3)4/h5-12H,13-14H2,1-4H3,(H,25,31)(H,26,30). The number of nitrogens with zero attached hydrogens (tertiary/aromatic N) is 3. The van der Waals surface area contributed by atoms with E-state index in [1.54, 1.807) is 21.7 Å². The minimum absolute atomic E-state index is 0.0878. The Morgan fingerprint density at radius 2 is 1.81 bits per heavy atom. The van der Waals surface area contributed by atoms with Crippen LogP contribution in [0.3, 0.4) is 0 Å². The summed E-state index contributed by atoms with van der Waals surface area (Å²) in [7, 11) is 3.68. The number of carbonyl (C=O) groups is 2. The van der Waals surface area contributed by atoms with E-state index in [0.29, 0.717) is 29.4 Å². The number of nitrogens with one attached hydrogen (secondary N) is 2. The maximum absolute atomic E-state index is 12.5. The van der Waals surface area contributed by atoms with Crippen LogP contribution in [0.5, 0.6) is 0 Å². The monoisotopic (exact) mass is 439 g/mol. The zero-order chi connectivity index (χ0) is 22.5. The van der Waals surface area contributed by atoms with Gasteiger partial charge in [0, 0.05) is 17.8 Å². The molecule has 2 aromatic carbocycles. The van der Waals surface area contributed by atoms with E-state index in [-0.39, 0.29) is 11.8 Å². The Hall–Kier alpha value is -3.16. The van der Waals surface area contributed by atoms with Crippen molar-refractivity contribution in [3.05, 3.63) is 76.1 Å². The van der Waals surface area contributed by atoms with E-state index in [4.69, 9.17) is 11.6 Å². The Morgan fingerprint density at radius 1 is 1.10 bits per heavy atom. The van der Waals surface area contributed by atoms with Crippen molar-refractivity contribution in [2.24, 2.45) is 0 Å². The first-order valence-electron chi connectivity index (χ1n) is 9.88. The first-order chi connectivity index (χ1) is 14.7. The number of hydrogen-bond donors (Lipinski definition) is 2. The third-order valence-corrected chi connectivity index (χ3v) is 5.25. The molecule has 31 heavy (non-hydrogen) atoms. The van der Waals surface area contributed by atoms with Crippen LogP contribution in [0.4, 0.5) is 5.69 Å². The van der Waals surface area contributed by atoms with Crippen LogP contribution < -0.4 is 10.6 Å². The fourth-order valence-electron chi connectivity index (χ4n) is 3.16. The lowest BCUT2D eigenvalue weighted by Crippen LogP contribution is -2.27. The summed E-state index contributed by atoms with van der Waals surface area (Å²) in [6, 6.07) is 14.6. The van der Waals surface area contributed by atoms with Crippen LogP contribution in [0, 0.1) is 13.8 Å². The van der Waals surface area contributed by atoms with Crippen molar-refractivity contribution in [3.8, 4) is 5.69 Å². The molecule has 162 valence electrons. The van der Waals surface area contributed by atoms with Gasteiger partial charge in [0.25, 0.3) is 5.91 Å². The summed E-state index contributed by atoms with van der Waals surface area (Å²) < 4.78 is 1.76. The molecule has 0 aliphatic carbocycles. The Labute approximate surface area is 187 Å². The molecule has 7 nitrogen and oxygen atoms in total. The number of anilines is 1. The summed E-state index contributed by atoms with van der Waals surface area (Å²) in [6.45, 7) is 4.42. The van der Waals surface area contributed by atoms with Gasteiger partial charge in [0.1, 0.15) is 0 Å². The van der Waals surface area contributed by atoms with Crippen LogP contribution in [-0.2, 0) is 11.3 Å². The molecule has 0 atom stereocenters. The minimum Gasteiger partial charge on any atom is -0.348 e. The summed E-state index contributed by atoms with van der Waals surface area (Å²) in [5, 5.41) is 10.8. The van der Waals surface area contributed by atoms with Crippen LogP contribution in [0.25, 0.3) is 5.69 Å². The second-order valence-corrected chi connectivity index (χ2v) is 7.99. The van der Waals surface area contributed by atoms with Gasteiger partial charge in [0.2, 0.25) is 5.91 Å². The predicted molar refractivity (Wildman–Crippen MR) is 123 cm³/mol. The average Bonchev–Trinajstić information content (AvgIpc) is 2.99. The SMILES string of the molecule is Cc1nn(-c2ccc(C(=O)NCc3cccc(NC(=O)CN(C)C)c3)cc2)c(C)c1Cl. The van der Waals surface area contributed by atoms with Crippen LogP contribution in [0.2, 0.25) is 5.02 Å². The molecule has 2 N–H and O–H groups in total. The summed E-state index contributed by atoms with van der Waals surface area (Å²) in [6.07, 6.45) is 0. The zero-order valence-electron chi connectivity index (χ0n) is 18.1. The molecule has 0 bridgehead atoms. The highest BCUT2D eigenvalue weighted by Gasteiger charge is 2.12. The Morgan fingerprint density at radius 3 is 2.42 bits per heavy atom. The molecule has 3 aromatic rings. The Balaban J connectivity index is 1.61. The van der Waals surface area contributed by atoms with E-state index in [9.17, 15) is 9.59 Å². The van der Waals surface area contributed by atoms with Gasteiger partial charge in [-0.3, -0.25) is 9.59 Å². The molecule has 0 unspecified atom stereocenters. The van der Waals surface area contributed by atoms with Gasteiger partial charge in [0.15, 0.2) is 0 Å². The normalized spacial score (nSPS) is 10.9. The maximum Gasteiger partial charge on any atom is 0.251 e. The van der Waals surface area contributed by atoms with E-state index in [1.807, 2.05) is 64.3 Å². The summed E-state index contributed by atoms with van der Waals surface area (Å²) in [4.78, 5) is 26.3. The van der Waals surface area contributed by atoms with E-state index < -0.39 is 0 Å². The summed E-state index contributed by atoms with van der Waals surface area (Å²) >= 11 is 6.22. The fourth-order valence-corrected chi connectivity index (χ4v) is 3.28. The quantitative estimate of drug-likeness (QED) is 0.589. The lowest BCUT2D eigenvalue weighted by atomic mass is 10.1. The minimum atomic E-state index is -0.181. The molecule has 0 radical (unpaired) electrons. The van der Waals surface area contributed by atoms with Crippen molar-refractivity contribution >= 4 is 29.1 Å². The highest BCUT2D eigenvalue weighted by Crippen LogP contribution is 2.22. The smallest absolute Gasteiger partial charge is 0.251 e. The number of likely N-dealkylation sites (N-methyl/N-ethyl adjacent to an activating group) is 1. The zero-order valence-corrected chi connectivity index (χ0v) is 18.8. The van der Waals surface area contributed by atoms with E-state index in [1.165, 1.54) is 0 Å².